The second kappa shape index (κ2) is 6.42. The van der Waals surface area contributed by atoms with Gasteiger partial charge in [0.05, 0.1) is 0 Å². The van der Waals surface area contributed by atoms with Crippen LogP contribution in [0.1, 0.15) is 24.5 Å². The van der Waals surface area contributed by atoms with Crippen molar-refractivity contribution in [1.29, 1.82) is 0 Å². The number of hydrogen-bond acceptors (Lipinski definition) is 2. The van der Waals surface area contributed by atoms with Crippen LogP contribution in [0.4, 0.5) is 0 Å². The summed E-state index contributed by atoms with van der Waals surface area (Å²) in [5.74, 6) is 0. The van der Waals surface area contributed by atoms with Gasteiger partial charge < -0.3 is 5.32 Å². The summed E-state index contributed by atoms with van der Waals surface area (Å²) in [7, 11) is 0. The Balaban J connectivity index is 2.07. The third kappa shape index (κ3) is 3.02. The third-order valence-corrected chi connectivity index (χ3v) is 4.74. The molecular weight excluding hydrogens is 274 g/mol. The summed E-state index contributed by atoms with van der Waals surface area (Å²) in [5.41, 5.74) is 5.43. The van der Waals surface area contributed by atoms with E-state index in [1.807, 2.05) is 11.3 Å². The van der Waals surface area contributed by atoms with Crippen molar-refractivity contribution in [2.45, 2.75) is 26.8 Å². The van der Waals surface area contributed by atoms with Crippen LogP contribution in [0.5, 0.6) is 0 Å². The summed E-state index contributed by atoms with van der Waals surface area (Å²) in [5, 5.41) is 7.05. The van der Waals surface area contributed by atoms with Crippen LogP contribution in [0.3, 0.4) is 0 Å². The first-order chi connectivity index (χ1) is 10.3. The van der Waals surface area contributed by atoms with E-state index < -0.39 is 0 Å². The second-order valence-electron chi connectivity index (χ2n) is 5.48. The molecular formula is C19H21NS. The highest BCUT2D eigenvalue weighted by atomic mass is 32.1. The van der Waals surface area contributed by atoms with Gasteiger partial charge in [-0.1, -0.05) is 48.9 Å². The first-order valence-corrected chi connectivity index (χ1v) is 8.44. The van der Waals surface area contributed by atoms with Crippen molar-refractivity contribution < 1.29 is 0 Å². The van der Waals surface area contributed by atoms with Gasteiger partial charge in [0.15, 0.2) is 0 Å². The monoisotopic (exact) mass is 295 g/mol. The van der Waals surface area contributed by atoms with Gasteiger partial charge in [-0.05, 0) is 53.4 Å². The lowest BCUT2D eigenvalue weighted by Crippen LogP contribution is -2.14. The maximum Gasteiger partial charge on any atom is 0.0421 e. The van der Waals surface area contributed by atoms with E-state index in [9.17, 15) is 0 Å². The molecule has 0 atom stereocenters. The van der Waals surface area contributed by atoms with Gasteiger partial charge in [0.25, 0.3) is 0 Å². The lowest BCUT2D eigenvalue weighted by molar-refractivity contribution is 0.676. The summed E-state index contributed by atoms with van der Waals surface area (Å²) in [6.45, 7) is 6.37. The van der Waals surface area contributed by atoms with Crippen LogP contribution in [0, 0.1) is 6.92 Å². The quantitative estimate of drug-likeness (QED) is 0.623. The molecule has 0 aliphatic heterocycles. The molecule has 0 bridgehead atoms. The molecule has 0 saturated heterocycles. The molecule has 0 unspecified atom stereocenters. The minimum atomic E-state index is 0.936. The maximum absolute atomic E-state index is 3.53. The average Bonchev–Trinajstić information content (AvgIpc) is 2.97. The molecule has 0 spiro atoms. The molecule has 0 fully saturated rings. The Morgan fingerprint density at radius 2 is 1.95 bits per heavy atom. The van der Waals surface area contributed by atoms with E-state index in [2.05, 4.69) is 67.0 Å². The molecule has 2 heteroatoms. The fourth-order valence-corrected chi connectivity index (χ4v) is 3.63. The molecule has 1 N–H and O–H groups in total. The van der Waals surface area contributed by atoms with Gasteiger partial charge in [-0.25, -0.2) is 0 Å². The van der Waals surface area contributed by atoms with E-state index in [0.717, 1.165) is 13.1 Å². The topological polar surface area (TPSA) is 12.0 Å². The first kappa shape index (κ1) is 14.3. The minimum absolute atomic E-state index is 0.936. The van der Waals surface area contributed by atoms with E-state index in [-0.39, 0.29) is 0 Å². The highest BCUT2D eigenvalue weighted by Crippen LogP contribution is 2.34. The van der Waals surface area contributed by atoms with Crippen LogP contribution in [-0.2, 0) is 6.54 Å². The van der Waals surface area contributed by atoms with Gasteiger partial charge in [0.1, 0.15) is 0 Å². The van der Waals surface area contributed by atoms with Crippen LogP contribution in [0.25, 0.3) is 21.2 Å². The second-order valence-corrected chi connectivity index (χ2v) is 6.40. The number of aryl methyl sites for hydroxylation is 1. The smallest absolute Gasteiger partial charge is 0.0421 e. The van der Waals surface area contributed by atoms with Crippen molar-refractivity contribution in [3.63, 3.8) is 0 Å². The minimum Gasteiger partial charge on any atom is -0.313 e. The summed E-state index contributed by atoms with van der Waals surface area (Å²) >= 11 is 1.83. The number of hydrogen-bond donors (Lipinski definition) is 1. The highest BCUT2D eigenvalue weighted by Gasteiger charge is 2.09. The maximum atomic E-state index is 3.53. The van der Waals surface area contributed by atoms with Gasteiger partial charge in [0.2, 0.25) is 0 Å². The van der Waals surface area contributed by atoms with Crippen molar-refractivity contribution in [3.05, 3.63) is 59.0 Å². The summed E-state index contributed by atoms with van der Waals surface area (Å²) in [6.07, 6.45) is 1.17. The van der Waals surface area contributed by atoms with Crippen LogP contribution >= 0.6 is 11.3 Å². The number of nitrogens with one attached hydrogen (secondary N) is 1. The molecule has 2 aromatic carbocycles. The van der Waals surface area contributed by atoms with Crippen molar-refractivity contribution in [1.82, 2.24) is 5.32 Å². The Morgan fingerprint density at radius 1 is 1.05 bits per heavy atom. The Kier molecular flexibility index (Phi) is 4.37. The van der Waals surface area contributed by atoms with Crippen LogP contribution in [0.2, 0.25) is 0 Å². The van der Waals surface area contributed by atoms with E-state index in [1.54, 1.807) is 0 Å². The number of benzene rings is 2. The number of fused-ring (bicyclic) bond motifs is 1. The van der Waals surface area contributed by atoms with E-state index >= 15 is 0 Å². The normalized spacial score (nSPS) is 11.1. The zero-order valence-electron chi connectivity index (χ0n) is 12.6. The van der Waals surface area contributed by atoms with Gasteiger partial charge in [-0.3, -0.25) is 0 Å². The summed E-state index contributed by atoms with van der Waals surface area (Å²) in [6, 6.07) is 15.6. The molecule has 3 aromatic rings. The molecule has 0 amide bonds. The largest absolute Gasteiger partial charge is 0.313 e. The predicted octanol–water partition coefficient (Wildman–Crippen LogP) is 5.38. The fourth-order valence-electron chi connectivity index (χ4n) is 2.70. The van der Waals surface area contributed by atoms with Crippen LogP contribution in [0.15, 0.2) is 47.8 Å². The molecule has 21 heavy (non-hydrogen) atoms. The van der Waals surface area contributed by atoms with E-state index in [4.69, 9.17) is 0 Å². The fraction of sp³-hybridized carbons (Fsp3) is 0.263. The number of thiophene rings is 1. The summed E-state index contributed by atoms with van der Waals surface area (Å²) < 4.78 is 1.39. The zero-order valence-corrected chi connectivity index (χ0v) is 13.5. The molecule has 0 aliphatic carbocycles. The molecule has 1 nitrogen and oxygen atoms in total. The van der Waals surface area contributed by atoms with Crippen molar-refractivity contribution in [3.8, 4) is 11.1 Å². The van der Waals surface area contributed by atoms with Crippen LogP contribution in [-0.4, -0.2) is 6.54 Å². The van der Waals surface area contributed by atoms with Crippen molar-refractivity contribution in [2.75, 3.05) is 6.54 Å². The molecule has 1 heterocycles. The molecule has 0 aliphatic rings. The van der Waals surface area contributed by atoms with Gasteiger partial charge >= 0.3 is 0 Å². The molecule has 1 aromatic heterocycles. The zero-order chi connectivity index (χ0) is 14.7. The predicted molar refractivity (Wildman–Crippen MR) is 94.0 cm³/mol. The Morgan fingerprint density at radius 3 is 2.81 bits per heavy atom. The lowest BCUT2D eigenvalue weighted by Gasteiger charge is -2.13. The first-order valence-electron chi connectivity index (χ1n) is 7.56. The SMILES string of the molecule is CCCNCc1ccc(C)cc1-c1cccc2ccsc12. The van der Waals surface area contributed by atoms with E-state index in [1.165, 1.54) is 38.8 Å². The number of rotatable bonds is 5. The Hall–Kier alpha value is -1.64. The summed E-state index contributed by atoms with van der Waals surface area (Å²) in [4.78, 5) is 0. The third-order valence-electron chi connectivity index (χ3n) is 3.78. The molecule has 3 rings (SSSR count). The van der Waals surface area contributed by atoms with E-state index in [0.29, 0.717) is 0 Å². The lowest BCUT2D eigenvalue weighted by atomic mass is 9.96. The van der Waals surface area contributed by atoms with Crippen LogP contribution < -0.4 is 5.32 Å². The average molecular weight is 295 g/mol. The standard InChI is InChI=1S/C19H21NS/c1-3-10-20-13-16-8-7-14(2)12-18(16)17-6-4-5-15-9-11-21-19(15)17/h4-9,11-12,20H,3,10,13H2,1-2H3. The highest BCUT2D eigenvalue weighted by molar-refractivity contribution is 7.17. The Labute approximate surface area is 130 Å². The molecule has 0 radical (unpaired) electrons. The van der Waals surface area contributed by atoms with Gasteiger partial charge in [-0.15, -0.1) is 11.3 Å². The molecule has 0 saturated carbocycles. The molecule has 108 valence electrons. The Bertz CT molecular complexity index is 742. The van der Waals surface area contributed by atoms with Gasteiger partial charge in [0, 0.05) is 11.2 Å². The van der Waals surface area contributed by atoms with Crippen molar-refractivity contribution in [2.24, 2.45) is 0 Å². The van der Waals surface area contributed by atoms with Crippen molar-refractivity contribution >= 4 is 21.4 Å². The van der Waals surface area contributed by atoms with Gasteiger partial charge in [-0.2, -0.15) is 0 Å².